The van der Waals surface area contributed by atoms with Gasteiger partial charge in [-0.25, -0.2) is 4.98 Å². The summed E-state index contributed by atoms with van der Waals surface area (Å²) < 4.78 is 1.78. The lowest BCUT2D eigenvalue weighted by molar-refractivity contribution is -0.117. The number of thiazole rings is 1. The molecule has 3 rings (SSSR count). The Morgan fingerprint density at radius 3 is 2.73 bits per heavy atom. The molecule has 2 heterocycles. The lowest BCUT2D eigenvalue weighted by Crippen LogP contribution is -2.29. The van der Waals surface area contributed by atoms with E-state index in [0.717, 1.165) is 22.5 Å². The number of anilines is 1. The first-order valence-corrected chi connectivity index (χ1v) is 9.35. The fourth-order valence-corrected chi connectivity index (χ4v) is 3.50. The van der Waals surface area contributed by atoms with Crippen molar-refractivity contribution in [2.75, 3.05) is 18.9 Å². The molecule has 3 aromatic rings. The van der Waals surface area contributed by atoms with Crippen molar-refractivity contribution in [3.63, 3.8) is 0 Å². The first-order valence-electron chi connectivity index (χ1n) is 8.09. The first kappa shape index (κ1) is 18.6. The average molecular weight is 390 g/mol. The van der Waals surface area contributed by atoms with Gasteiger partial charge in [-0.05, 0) is 26.1 Å². The maximum atomic E-state index is 12.3. The highest BCUT2D eigenvalue weighted by molar-refractivity contribution is 7.14. The van der Waals surface area contributed by atoms with Crippen molar-refractivity contribution in [1.29, 1.82) is 0 Å². The highest BCUT2D eigenvalue weighted by Crippen LogP contribution is 2.25. The molecule has 0 aliphatic heterocycles. The molecule has 1 aromatic carbocycles. The van der Waals surface area contributed by atoms with Gasteiger partial charge >= 0.3 is 0 Å². The fraction of sp³-hybridized carbons (Fsp3) is 0.278. The van der Waals surface area contributed by atoms with E-state index in [1.807, 2.05) is 61.8 Å². The van der Waals surface area contributed by atoms with Crippen molar-refractivity contribution in [3.8, 4) is 11.3 Å². The number of aromatic nitrogens is 3. The van der Waals surface area contributed by atoms with E-state index >= 15 is 0 Å². The Bertz CT molecular complexity index is 903. The molecule has 0 saturated carbocycles. The molecular formula is C18H20ClN5OS. The van der Waals surface area contributed by atoms with E-state index < -0.39 is 0 Å². The lowest BCUT2D eigenvalue weighted by Gasteiger charge is -2.15. The minimum absolute atomic E-state index is 0.0916. The largest absolute Gasteiger partial charge is 0.301 e. The predicted octanol–water partition coefficient (Wildman–Crippen LogP) is 3.58. The summed E-state index contributed by atoms with van der Waals surface area (Å²) in [6.07, 6.45) is 1.98. The van der Waals surface area contributed by atoms with Crippen LogP contribution in [0.25, 0.3) is 11.3 Å². The summed E-state index contributed by atoms with van der Waals surface area (Å²) in [5.41, 5.74) is 3.88. The predicted molar refractivity (Wildman–Crippen MR) is 105 cm³/mol. The van der Waals surface area contributed by atoms with Crippen molar-refractivity contribution in [2.24, 2.45) is 7.05 Å². The molecule has 1 amide bonds. The molecule has 8 heteroatoms. The lowest BCUT2D eigenvalue weighted by atomic mass is 10.2. The molecule has 0 fully saturated rings. The van der Waals surface area contributed by atoms with E-state index in [1.165, 1.54) is 11.3 Å². The summed E-state index contributed by atoms with van der Waals surface area (Å²) in [6, 6.07) is 7.47. The quantitative estimate of drug-likeness (QED) is 0.700. The van der Waals surface area contributed by atoms with Crippen LogP contribution >= 0.6 is 22.9 Å². The Balaban J connectivity index is 1.56. The number of likely N-dealkylation sites (N-methyl/N-ethyl adjacent to an activating group) is 1. The second-order valence-electron chi connectivity index (χ2n) is 6.18. The molecule has 0 atom stereocenters. The van der Waals surface area contributed by atoms with Gasteiger partial charge in [-0.2, -0.15) is 5.10 Å². The highest BCUT2D eigenvalue weighted by atomic mass is 35.5. The van der Waals surface area contributed by atoms with Crippen LogP contribution in [0.3, 0.4) is 0 Å². The van der Waals surface area contributed by atoms with Crippen LogP contribution in [-0.2, 0) is 18.4 Å². The van der Waals surface area contributed by atoms with Gasteiger partial charge in [-0.15, -0.1) is 11.3 Å². The minimum atomic E-state index is -0.0916. The SMILES string of the molecule is Cc1nn(C)cc1CN(C)CC(=O)Nc1nc(-c2ccc(Cl)cc2)cs1. The molecule has 0 bridgehead atoms. The highest BCUT2D eigenvalue weighted by Gasteiger charge is 2.12. The molecule has 0 aliphatic rings. The van der Waals surface area contributed by atoms with Crippen LogP contribution in [0.4, 0.5) is 5.13 Å². The maximum Gasteiger partial charge on any atom is 0.240 e. The van der Waals surface area contributed by atoms with E-state index in [4.69, 9.17) is 11.6 Å². The van der Waals surface area contributed by atoms with Gasteiger partial charge in [0.1, 0.15) is 0 Å². The third-order valence-electron chi connectivity index (χ3n) is 3.86. The Kier molecular flexibility index (Phi) is 5.70. The van der Waals surface area contributed by atoms with Gasteiger partial charge in [-0.1, -0.05) is 23.7 Å². The molecule has 0 spiro atoms. The number of nitrogens with one attached hydrogen (secondary N) is 1. The second-order valence-corrected chi connectivity index (χ2v) is 7.47. The molecular weight excluding hydrogens is 370 g/mol. The third kappa shape index (κ3) is 4.69. The van der Waals surface area contributed by atoms with Crippen LogP contribution in [0, 0.1) is 6.92 Å². The van der Waals surface area contributed by atoms with E-state index in [-0.39, 0.29) is 12.5 Å². The number of benzene rings is 1. The zero-order valence-corrected chi connectivity index (χ0v) is 16.4. The average Bonchev–Trinajstić information content (AvgIpc) is 3.14. The Morgan fingerprint density at radius 1 is 1.35 bits per heavy atom. The Hall–Kier alpha value is -2.22. The standard InChI is InChI=1S/C18H20ClN5OS/c1-12-14(9-24(3)22-12)8-23(2)10-17(25)21-18-20-16(11-26-18)13-4-6-15(19)7-5-13/h4-7,9,11H,8,10H2,1-3H3,(H,20,21,25). The van der Waals surface area contributed by atoms with Crippen molar-refractivity contribution in [2.45, 2.75) is 13.5 Å². The number of rotatable bonds is 6. The van der Waals surface area contributed by atoms with Crippen molar-refractivity contribution in [1.82, 2.24) is 19.7 Å². The Morgan fingerprint density at radius 2 is 2.08 bits per heavy atom. The molecule has 2 aromatic heterocycles. The van der Waals surface area contributed by atoms with Gasteiger partial charge < -0.3 is 5.32 Å². The monoisotopic (exact) mass is 389 g/mol. The number of amides is 1. The van der Waals surface area contributed by atoms with E-state index in [1.54, 1.807) is 4.68 Å². The van der Waals surface area contributed by atoms with Gasteiger partial charge in [-0.3, -0.25) is 14.4 Å². The van der Waals surface area contributed by atoms with Gasteiger partial charge in [0.2, 0.25) is 5.91 Å². The third-order valence-corrected chi connectivity index (χ3v) is 4.87. The van der Waals surface area contributed by atoms with E-state index in [9.17, 15) is 4.79 Å². The normalized spacial score (nSPS) is 11.1. The first-order chi connectivity index (χ1) is 12.4. The van der Waals surface area contributed by atoms with Gasteiger partial charge in [0, 0.05) is 41.3 Å². The molecule has 1 N–H and O–H groups in total. The summed E-state index contributed by atoms with van der Waals surface area (Å²) in [4.78, 5) is 18.7. The number of hydrogen-bond donors (Lipinski definition) is 1. The summed E-state index contributed by atoms with van der Waals surface area (Å²) in [5, 5.41) is 10.4. The van der Waals surface area contributed by atoms with Gasteiger partial charge in [0.05, 0.1) is 17.9 Å². The molecule has 0 saturated heterocycles. The number of aryl methyl sites for hydroxylation is 2. The number of carbonyl (C=O) groups is 1. The topological polar surface area (TPSA) is 63.1 Å². The second kappa shape index (κ2) is 7.99. The van der Waals surface area contributed by atoms with Crippen LogP contribution in [0.15, 0.2) is 35.8 Å². The van der Waals surface area contributed by atoms with Gasteiger partial charge in [0.25, 0.3) is 0 Å². The number of carbonyl (C=O) groups excluding carboxylic acids is 1. The van der Waals surface area contributed by atoms with E-state index in [2.05, 4.69) is 15.4 Å². The van der Waals surface area contributed by atoms with Crippen molar-refractivity contribution < 1.29 is 4.79 Å². The zero-order chi connectivity index (χ0) is 18.7. The van der Waals surface area contributed by atoms with Crippen LogP contribution in [0.1, 0.15) is 11.3 Å². The Labute approximate surface area is 161 Å². The number of nitrogens with zero attached hydrogens (tertiary/aromatic N) is 4. The zero-order valence-electron chi connectivity index (χ0n) is 14.9. The summed E-state index contributed by atoms with van der Waals surface area (Å²) in [5.74, 6) is -0.0916. The molecule has 26 heavy (non-hydrogen) atoms. The number of hydrogen-bond acceptors (Lipinski definition) is 5. The molecule has 136 valence electrons. The fourth-order valence-electron chi connectivity index (χ4n) is 2.64. The summed E-state index contributed by atoms with van der Waals surface area (Å²) in [7, 11) is 3.80. The molecule has 0 aliphatic carbocycles. The number of halogens is 1. The molecule has 6 nitrogen and oxygen atoms in total. The maximum absolute atomic E-state index is 12.3. The summed E-state index contributed by atoms with van der Waals surface area (Å²) in [6.45, 7) is 2.92. The minimum Gasteiger partial charge on any atom is -0.301 e. The smallest absolute Gasteiger partial charge is 0.240 e. The molecule has 0 unspecified atom stereocenters. The van der Waals surface area contributed by atoms with E-state index in [0.29, 0.717) is 16.7 Å². The van der Waals surface area contributed by atoms with Crippen LogP contribution in [0.2, 0.25) is 5.02 Å². The van der Waals surface area contributed by atoms with Crippen molar-refractivity contribution >= 4 is 34.0 Å². The molecule has 0 radical (unpaired) electrons. The van der Waals surface area contributed by atoms with Crippen molar-refractivity contribution in [3.05, 3.63) is 52.1 Å². The van der Waals surface area contributed by atoms with Crippen LogP contribution in [-0.4, -0.2) is 39.2 Å². The van der Waals surface area contributed by atoms with Gasteiger partial charge in [0.15, 0.2) is 5.13 Å². The van der Waals surface area contributed by atoms with Crippen LogP contribution in [0.5, 0.6) is 0 Å². The van der Waals surface area contributed by atoms with Crippen LogP contribution < -0.4 is 5.32 Å². The summed E-state index contributed by atoms with van der Waals surface area (Å²) >= 11 is 7.31.